The van der Waals surface area contributed by atoms with Crippen LogP contribution >= 0.6 is 0 Å². The topological polar surface area (TPSA) is 189 Å². The summed E-state index contributed by atoms with van der Waals surface area (Å²) >= 11 is 0. The Bertz CT molecular complexity index is 2790. The second-order valence-electron chi connectivity index (χ2n) is 16.6. The van der Waals surface area contributed by atoms with Crippen LogP contribution < -0.4 is 30.4 Å². The number of hydrogen-bond donors (Lipinski definition) is 4. The van der Waals surface area contributed by atoms with Crippen molar-refractivity contribution in [3.63, 3.8) is 0 Å². The molecule has 3 aliphatic rings. The molecule has 0 saturated carbocycles. The molecule has 3 aliphatic heterocycles. The maximum absolute atomic E-state index is 13.8. The number of phenols is 2. The van der Waals surface area contributed by atoms with E-state index in [4.69, 9.17) is 9.72 Å². The summed E-state index contributed by atoms with van der Waals surface area (Å²) in [6, 6.07) is 24.1. The van der Waals surface area contributed by atoms with E-state index in [1.807, 2.05) is 91.4 Å². The van der Waals surface area contributed by atoms with Crippen LogP contribution in [0.25, 0.3) is 17.1 Å². The molecule has 0 aliphatic carbocycles. The lowest BCUT2D eigenvalue weighted by molar-refractivity contribution is -0.138. The van der Waals surface area contributed by atoms with Crippen LogP contribution in [0, 0.1) is 5.92 Å². The normalized spacial score (nSPS) is 15.7. The predicted molar refractivity (Wildman–Crippen MR) is 249 cm³/mol. The zero-order valence-corrected chi connectivity index (χ0v) is 37.0. The Hall–Kier alpha value is -7.40. The van der Waals surface area contributed by atoms with E-state index in [1.54, 1.807) is 24.2 Å². The molecule has 65 heavy (non-hydrogen) atoms. The number of para-hydroxylation sites is 1. The number of rotatable bonds is 11. The van der Waals surface area contributed by atoms with Crippen LogP contribution in [0.1, 0.15) is 48.2 Å². The number of ether oxygens (including phenoxy) is 1. The van der Waals surface area contributed by atoms with Gasteiger partial charge >= 0.3 is 5.69 Å². The summed E-state index contributed by atoms with van der Waals surface area (Å²) in [4.78, 5) is 59.5. The molecule has 336 valence electrons. The molecule has 2 aromatic heterocycles. The number of amides is 2. The van der Waals surface area contributed by atoms with Gasteiger partial charge in [-0.15, -0.1) is 0 Å². The Labute approximate surface area is 376 Å². The van der Waals surface area contributed by atoms with Crippen LogP contribution in [-0.2, 0) is 17.8 Å². The largest absolute Gasteiger partial charge is 0.508 e. The highest BCUT2D eigenvalue weighted by atomic mass is 16.5. The summed E-state index contributed by atoms with van der Waals surface area (Å²) in [5, 5.41) is 30.8. The van der Waals surface area contributed by atoms with Crippen molar-refractivity contribution in [2.45, 2.75) is 39.7 Å². The molecule has 17 nitrogen and oxygen atoms in total. The van der Waals surface area contributed by atoms with Crippen LogP contribution in [0.4, 0.5) is 34.5 Å². The number of aryl methyl sites for hydroxylation is 1. The summed E-state index contributed by atoms with van der Waals surface area (Å²) < 4.78 is 7.52. The quantitative estimate of drug-likeness (QED) is 0.118. The van der Waals surface area contributed by atoms with Gasteiger partial charge in [-0.1, -0.05) is 31.2 Å². The predicted octanol–water partition coefficient (Wildman–Crippen LogP) is 6.05. The molecule has 0 bridgehead atoms. The van der Waals surface area contributed by atoms with E-state index in [0.717, 1.165) is 61.6 Å². The van der Waals surface area contributed by atoms with E-state index < -0.39 is 5.69 Å². The van der Waals surface area contributed by atoms with Crippen molar-refractivity contribution in [3.05, 3.63) is 112 Å². The molecule has 5 heterocycles. The van der Waals surface area contributed by atoms with E-state index >= 15 is 0 Å². The third kappa shape index (κ3) is 8.42. The van der Waals surface area contributed by atoms with Gasteiger partial charge in [0.05, 0.1) is 41.0 Å². The van der Waals surface area contributed by atoms with Crippen LogP contribution in [0.3, 0.4) is 0 Å². The Kier molecular flexibility index (Phi) is 11.9. The van der Waals surface area contributed by atoms with E-state index in [1.165, 1.54) is 10.6 Å². The molecule has 6 aromatic rings. The lowest BCUT2D eigenvalue weighted by atomic mass is 9.94. The van der Waals surface area contributed by atoms with Crippen molar-refractivity contribution in [2.75, 3.05) is 80.0 Å². The molecule has 2 fully saturated rings. The maximum atomic E-state index is 13.8. The van der Waals surface area contributed by atoms with Crippen LogP contribution in [0.5, 0.6) is 17.2 Å². The number of piperazine rings is 1. The van der Waals surface area contributed by atoms with Gasteiger partial charge in [-0.2, -0.15) is 10.1 Å². The number of H-pyrrole nitrogens is 1. The number of nitrogens with one attached hydrogen (secondary N) is 2. The monoisotopic (exact) mass is 879 g/mol. The molecule has 2 amide bonds. The Balaban J connectivity index is 0.786. The third-order valence-electron chi connectivity index (χ3n) is 12.7. The molecule has 0 spiro atoms. The van der Waals surface area contributed by atoms with Crippen LogP contribution in [0.15, 0.2) is 89.9 Å². The molecule has 4 aromatic carbocycles. The highest BCUT2D eigenvalue weighted by molar-refractivity contribution is 6.13. The lowest BCUT2D eigenvalue weighted by Gasteiger charge is -2.39. The van der Waals surface area contributed by atoms with Gasteiger partial charge in [0.25, 0.3) is 5.91 Å². The molecule has 9 rings (SSSR count). The van der Waals surface area contributed by atoms with Crippen molar-refractivity contribution >= 4 is 46.3 Å². The summed E-state index contributed by atoms with van der Waals surface area (Å²) in [5.74, 6) is 1.78. The lowest BCUT2D eigenvalue weighted by Crippen LogP contribution is -2.51. The Morgan fingerprint density at radius 2 is 1.57 bits per heavy atom. The molecule has 0 radical (unpaired) electrons. The first kappa shape index (κ1) is 42.9. The number of nitrogens with zero attached hydrogens (tertiary/aromatic N) is 9. The molecule has 0 unspecified atom stereocenters. The smallest absolute Gasteiger partial charge is 0.348 e. The number of aromatic amines is 1. The number of anilines is 6. The minimum absolute atomic E-state index is 0.00923. The number of piperidine rings is 1. The van der Waals surface area contributed by atoms with Gasteiger partial charge in [-0.05, 0) is 79.8 Å². The van der Waals surface area contributed by atoms with Crippen molar-refractivity contribution in [1.82, 2.24) is 34.5 Å². The van der Waals surface area contributed by atoms with Gasteiger partial charge in [0, 0.05) is 83.6 Å². The molecule has 2 saturated heterocycles. The minimum Gasteiger partial charge on any atom is -0.508 e. The maximum Gasteiger partial charge on any atom is 0.348 e. The zero-order valence-electron chi connectivity index (χ0n) is 37.0. The summed E-state index contributed by atoms with van der Waals surface area (Å²) in [6.07, 6.45) is 3.74. The van der Waals surface area contributed by atoms with E-state index in [0.29, 0.717) is 78.2 Å². The first-order valence-electron chi connectivity index (χ1n) is 22.1. The third-order valence-corrected chi connectivity index (χ3v) is 12.7. The number of carbonyl (C=O) groups excluding carboxylic acids is 2. The van der Waals surface area contributed by atoms with E-state index in [9.17, 15) is 24.6 Å². The first-order valence-corrected chi connectivity index (χ1v) is 22.1. The summed E-state index contributed by atoms with van der Waals surface area (Å²) in [5.41, 5.74) is 5.92. The second kappa shape index (κ2) is 18.0. The highest BCUT2D eigenvalue weighted by Gasteiger charge is 2.32. The van der Waals surface area contributed by atoms with Crippen molar-refractivity contribution in [3.8, 4) is 34.3 Å². The van der Waals surface area contributed by atoms with Gasteiger partial charge in [0.1, 0.15) is 22.9 Å². The number of phenolic OH excluding ortho intramolecular Hbond substituents is 2. The van der Waals surface area contributed by atoms with E-state index in [2.05, 4.69) is 36.4 Å². The number of hydrogen-bond acceptors (Lipinski definition) is 13. The summed E-state index contributed by atoms with van der Waals surface area (Å²) in [7, 11) is 3.62. The molecular formula is C48H53N11O6. The van der Waals surface area contributed by atoms with Crippen molar-refractivity contribution in [1.29, 1.82) is 0 Å². The highest BCUT2D eigenvalue weighted by Crippen LogP contribution is 2.40. The minimum atomic E-state index is -0.438. The van der Waals surface area contributed by atoms with Gasteiger partial charge in [0.15, 0.2) is 11.6 Å². The van der Waals surface area contributed by atoms with Gasteiger partial charge in [-0.25, -0.2) is 19.4 Å². The average molecular weight is 880 g/mol. The SMILES string of the molecule is CCOc1cc(N2CCC(C(=O)N3CCN(Cc4ccc(-n5c(-c6cc(CC)c(O)cc6O)n[nH]c5=O)cc4)CC3)CC2)ccc1Nc1ncc2c(n1)N(C)c1ccccc1C(=O)N2C. The molecular weight excluding hydrogens is 827 g/mol. The fourth-order valence-corrected chi connectivity index (χ4v) is 9.05. The van der Waals surface area contributed by atoms with Gasteiger partial charge in [-0.3, -0.25) is 14.5 Å². The summed E-state index contributed by atoms with van der Waals surface area (Å²) in [6.45, 7) is 9.37. The standard InChI is InChI=1S/C48H53N11O6/c1-5-31-25-36(41(61)27-40(31)60)43-52-53-48(64)59(43)33-13-11-30(12-14-33)29-56-21-23-58(24-22-56)45(62)32-17-19-57(20-18-32)34-15-16-37(42(26-34)65-6-2)50-47-49-28-39-44(51-47)54(3)38-10-8-7-9-35(38)46(63)55(39)4/h7-16,25-28,32,60-61H,5-6,17-24,29H2,1-4H3,(H,53,64)(H,49,50,51). The second-order valence-corrected chi connectivity index (χ2v) is 16.6. The number of aromatic nitrogens is 5. The average Bonchev–Trinajstić information content (AvgIpc) is 3.69. The Morgan fingerprint density at radius 1 is 0.831 bits per heavy atom. The fourth-order valence-electron chi connectivity index (χ4n) is 9.05. The zero-order chi connectivity index (χ0) is 45.4. The van der Waals surface area contributed by atoms with Crippen molar-refractivity contribution in [2.24, 2.45) is 5.92 Å². The number of benzene rings is 4. The van der Waals surface area contributed by atoms with E-state index in [-0.39, 0.29) is 35.1 Å². The van der Waals surface area contributed by atoms with Gasteiger partial charge < -0.3 is 39.9 Å². The van der Waals surface area contributed by atoms with Crippen LogP contribution in [0.2, 0.25) is 0 Å². The first-order chi connectivity index (χ1) is 31.5. The molecule has 17 heteroatoms. The molecule has 4 N–H and O–H groups in total. The Morgan fingerprint density at radius 3 is 2.31 bits per heavy atom. The number of fused-ring (bicyclic) bond motifs is 2. The number of aromatic hydroxyl groups is 2. The number of carbonyl (C=O) groups is 2. The van der Waals surface area contributed by atoms with Crippen LogP contribution in [-0.4, -0.2) is 117 Å². The van der Waals surface area contributed by atoms with Crippen molar-refractivity contribution < 1.29 is 24.5 Å². The fraction of sp³-hybridized carbons (Fsp3) is 0.333. The molecule has 0 atom stereocenters. The van der Waals surface area contributed by atoms with Gasteiger partial charge in [0.2, 0.25) is 11.9 Å².